The Balaban J connectivity index is 2.17. The first-order valence-corrected chi connectivity index (χ1v) is 10.0. The minimum Gasteiger partial charge on any atom is -0.467 e. The number of hydrogen-bond acceptors (Lipinski definition) is 4. The molecule has 0 spiro atoms. The minimum absolute atomic E-state index is 0.0836. The van der Waals surface area contributed by atoms with Gasteiger partial charge in [0.2, 0.25) is 11.8 Å². The van der Waals surface area contributed by atoms with Crippen molar-refractivity contribution in [1.82, 2.24) is 10.6 Å². The van der Waals surface area contributed by atoms with Crippen molar-refractivity contribution < 1.29 is 23.5 Å². The standard InChI is InChI=1S/C21H22FIN2O4/c1-13(26)24-18(11-14-5-3-7-16(22)9-14)20(27)25-19(21(28)29-2)12-15-6-4-8-17(23)10-15/h3-10,18-19H,11-12H2,1-2H3,(H,24,26)(H,25,27)/t18-,19-/m1/s1. The Bertz CT molecular complexity index is 890. The van der Waals surface area contributed by atoms with E-state index in [4.69, 9.17) is 4.74 Å². The van der Waals surface area contributed by atoms with E-state index in [2.05, 4.69) is 33.2 Å². The lowest BCUT2D eigenvalue weighted by atomic mass is 10.0. The fraction of sp³-hybridized carbons (Fsp3) is 0.286. The van der Waals surface area contributed by atoms with Gasteiger partial charge in [-0.2, -0.15) is 0 Å². The Morgan fingerprint density at radius 1 is 1.00 bits per heavy atom. The zero-order valence-corrected chi connectivity index (χ0v) is 18.2. The third-order valence-corrected chi connectivity index (χ3v) is 4.82. The maximum atomic E-state index is 13.5. The zero-order valence-electron chi connectivity index (χ0n) is 16.1. The van der Waals surface area contributed by atoms with Gasteiger partial charge in [-0.3, -0.25) is 9.59 Å². The van der Waals surface area contributed by atoms with Crippen LogP contribution in [0.5, 0.6) is 0 Å². The van der Waals surface area contributed by atoms with Crippen LogP contribution >= 0.6 is 22.6 Å². The summed E-state index contributed by atoms with van der Waals surface area (Å²) in [4.78, 5) is 36.6. The minimum atomic E-state index is -0.961. The predicted molar refractivity (Wildman–Crippen MR) is 115 cm³/mol. The SMILES string of the molecule is COC(=O)[C@@H](Cc1cccc(I)c1)NC(=O)[C@@H](Cc1cccc(F)c1)NC(C)=O. The summed E-state index contributed by atoms with van der Waals surface area (Å²) in [5, 5.41) is 5.21. The third kappa shape index (κ3) is 7.45. The van der Waals surface area contributed by atoms with E-state index in [1.54, 1.807) is 6.07 Å². The second-order valence-corrected chi connectivity index (χ2v) is 7.75. The van der Waals surface area contributed by atoms with E-state index in [0.29, 0.717) is 5.56 Å². The first-order chi connectivity index (χ1) is 13.8. The van der Waals surface area contributed by atoms with Crippen molar-refractivity contribution in [2.24, 2.45) is 0 Å². The largest absolute Gasteiger partial charge is 0.467 e. The van der Waals surface area contributed by atoms with Gasteiger partial charge in [0.15, 0.2) is 0 Å². The van der Waals surface area contributed by atoms with Gasteiger partial charge in [-0.15, -0.1) is 0 Å². The van der Waals surface area contributed by atoms with Crippen molar-refractivity contribution in [3.8, 4) is 0 Å². The number of amides is 2. The molecule has 8 heteroatoms. The average Bonchev–Trinajstić information content (AvgIpc) is 2.66. The lowest BCUT2D eigenvalue weighted by Crippen LogP contribution is -2.53. The van der Waals surface area contributed by atoms with Crippen LogP contribution in [0.1, 0.15) is 18.1 Å². The molecule has 0 heterocycles. The summed E-state index contributed by atoms with van der Waals surface area (Å²) in [5.74, 6) is -1.99. The monoisotopic (exact) mass is 512 g/mol. The highest BCUT2D eigenvalue weighted by molar-refractivity contribution is 14.1. The smallest absolute Gasteiger partial charge is 0.328 e. The maximum Gasteiger partial charge on any atom is 0.328 e. The normalized spacial score (nSPS) is 12.6. The van der Waals surface area contributed by atoms with Crippen molar-refractivity contribution in [3.05, 3.63) is 69.0 Å². The van der Waals surface area contributed by atoms with Crippen molar-refractivity contribution >= 4 is 40.4 Å². The van der Waals surface area contributed by atoms with Gasteiger partial charge < -0.3 is 15.4 Å². The zero-order chi connectivity index (χ0) is 21.4. The van der Waals surface area contributed by atoms with Crippen LogP contribution in [0, 0.1) is 9.39 Å². The predicted octanol–water partition coefficient (Wildman–Crippen LogP) is 2.38. The van der Waals surface area contributed by atoms with Crippen LogP contribution in [0.3, 0.4) is 0 Å². The number of esters is 1. The van der Waals surface area contributed by atoms with Gasteiger partial charge in [-0.25, -0.2) is 9.18 Å². The molecule has 0 aromatic heterocycles. The molecule has 0 aliphatic heterocycles. The van der Waals surface area contributed by atoms with Crippen LogP contribution in [0.15, 0.2) is 48.5 Å². The van der Waals surface area contributed by atoms with E-state index in [9.17, 15) is 18.8 Å². The van der Waals surface area contributed by atoms with Gasteiger partial charge in [-0.1, -0.05) is 24.3 Å². The molecule has 154 valence electrons. The number of methoxy groups -OCH3 is 1. The van der Waals surface area contributed by atoms with Crippen LogP contribution in [-0.4, -0.2) is 37.0 Å². The number of halogens is 2. The summed E-state index contributed by atoms with van der Waals surface area (Å²) in [5.41, 5.74) is 1.40. The first-order valence-electron chi connectivity index (χ1n) is 8.92. The molecule has 2 rings (SSSR count). The van der Waals surface area contributed by atoms with Crippen LogP contribution in [0.4, 0.5) is 4.39 Å². The average molecular weight is 512 g/mol. The van der Waals surface area contributed by atoms with Crippen molar-refractivity contribution in [2.45, 2.75) is 31.8 Å². The molecule has 0 saturated heterocycles. The third-order valence-electron chi connectivity index (χ3n) is 4.15. The highest BCUT2D eigenvalue weighted by Crippen LogP contribution is 2.12. The summed E-state index contributed by atoms with van der Waals surface area (Å²) in [7, 11) is 1.24. The van der Waals surface area contributed by atoms with Crippen LogP contribution < -0.4 is 10.6 Å². The number of benzene rings is 2. The highest BCUT2D eigenvalue weighted by Gasteiger charge is 2.27. The van der Waals surface area contributed by atoms with Gasteiger partial charge in [0.05, 0.1) is 7.11 Å². The quantitative estimate of drug-likeness (QED) is 0.421. The molecule has 2 aromatic rings. The Hall–Kier alpha value is -2.49. The number of carbonyl (C=O) groups excluding carboxylic acids is 3. The lowest BCUT2D eigenvalue weighted by molar-refractivity contribution is -0.145. The number of rotatable bonds is 8. The van der Waals surface area contributed by atoms with E-state index in [1.807, 2.05) is 24.3 Å². The second-order valence-electron chi connectivity index (χ2n) is 6.51. The van der Waals surface area contributed by atoms with E-state index >= 15 is 0 Å². The van der Waals surface area contributed by atoms with Crippen molar-refractivity contribution in [3.63, 3.8) is 0 Å². The molecule has 2 aromatic carbocycles. The van der Waals surface area contributed by atoms with Crippen LogP contribution in [0.2, 0.25) is 0 Å². The Morgan fingerprint density at radius 3 is 2.21 bits per heavy atom. The summed E-state index contributed by atoms with van der Waals surface area (Å²) in [6.07, 6.45) is 0.322. The number of nitrogens with one attached hydrogen (secondary N) is 2. The Labute approximate surface area is 182 Å². The molecule has 2 atom stereocenters. The molecule has 0 saturated carbocycles. The van der Waals surface area contributed by atoms with Crippen LogP contribution in [-0.2, 0) is 32.0 Å². The lowest BCUT2D eigenvalue weighted by Gasteiger charge is -2.22. The van der Waals surface area contributed by atoms with Gasteiger partial charge in [-0.05, 0) is 58.0 Å². The molecule has 0 aliphatic rings. The van der Waals surface area contributed by atoms with E-state index in [-0.39, 0.29) is 12.8 Å². The molecular formula is C21H22FIN2O4. The molecule has 2 N–H and O–H groups in total. The van der Waals surface area contributed by atoms with Crippen molar-refractivity contribution in [2.75, 3.05) is 7.11 Å². The van der Waals surface area contributed by atoms with Crippen molar-refractivity contribution in [1.29, 1.82) is 0 Å². The molecule has 0 bridgehead atoms. The number of hydrogen-bond donors (Lipinski definition) is 2. The first kappa shape index (κ1) is 22.8. The Morgan fingerprint density at radius 2 is 1.62 bits per heavy atom. The molecule has 0 aliphatic carbocycles. The second kappa shape index (κ2) is 10.9. The fourth-order valence-electron chi connectivity index (χ4n) is 2.86. The van der Waals surface area contributed by atoms with Gasteiger partial charge in [0.1, 0.15) is 17.9 Å². The highest BCUT2D eigenvalue weighted by atomic mass is 127. The summed E-state index contributed by atoms with van der Waals surface area (Å²) in [6, 6.07) is 11.4. The summed E-state index contributed by atoms with van der Waals surface area (Å²) < 4.78 is 19.3. The fourth-order valence-corrected chi connectivity index (χ4v) is 3.47. The maximum absolute atomic E-state index is 13.5. The number of carbonyl (C=O) groups is 3. The molecule has 0 fully saturated rings. The molecular weight excluding hydrogens is 490 g/mol. The van der Waals surface area contributed by atoms with Gasteiger partial charge in [0.25, 0.3) is 0 Å². The molecule has 0 unspecified atom stereocenters. The molecule has 6 nitrogen and oxygen atoms in total. The molecule has 2 amide bonds. The molecule has 29 heavy (non-hydrogen) atoms. The van der Waals surface area contributed by atoms with Gasteiger partial charge in [0, 0.05) is 23.3 Å². The molecule has 0 radical (unpaired) electrons. The van der Waals surface area contributed by atoms with E-state index in [0.717, 1.165) is 9.13 Å². The van der Waals surface area contributed by atoms with E-state index in [1.165, 1.54) is 32.2 Å². The summed E-state index contributed by atoms with van der Waals surface area (Å²) >= 11 is 2.16. The Kier molecular flexibility index (Phi) is 8.56. The van der Waals surface area contributed by atoms with E-state index < -0.39 is 35.7 Å². The summed E-state index contributed by atoms with van der Waals surface area (Å²) in [6.45, 7) is 1.29. The van der Waals surface area contributed by atoms with Crippen LogP contribution in [0.25, 0.3) is 0 Å². The number of ether oxygens (including phenoxy) is 1. The van der Waals surface area contributed by atoms with Gasteiger partial charge >= 0.3 is 5.97 Å². The topological polar surface area (TPSA) is 84.5 Å².